The summed E-state index contributed by atoms with van der Waals surface area (Å²) in [5.41, 5.74) is 2.27. The lowest BCUT2D eigenvalue weighted by atomic mass is 10.0. The maximum Gasteiger partial charge on any atom is 0.155 e. The van der Waals surface area contributed by atoms with E-state index in [4.69, 9.17) is 4.74 Å². The fraction of sp³-hybridized carbons (Fsp3) is 0.571. The fourth-order valence-corrected chi connectivity index (χ4v) is 2.90. The highest BCUT2D eigenvalue weighted by atomic mass is 32.2. The highest BCUT2D eigenvalue weighted by Crippen LogP contribution is 2.30. The van der Waals surface area contributed by atoms with Gasteiger partial charge in [-0.25, -0.2) is 8.42 Å². The van der Waals surface area contributed by atoms with Gasteiger partial charge < -0.3 is 10.1 Å². The Bertz CT molecular complexity index is 538. The van der Waals surface area contributed by atoms with Gasteiger partial charge in [0.05, 0.1) is 11.0 Å². The average Bonchev–Trinajstić information content (AvgIpc) is 2.38. The number of sulfone groups is 1. The quantitative estimate of drug-likeness (QED) is 0.900. The minimum atomic E-state index is -3.03. The smallest absolute Gasteiger partial charge is 0.155 e. The molecule has 1 aliphatic heterocycles. The number of benzene rings is 1. The van der Waals surface area contributed by atoms with Gasteiger partial charge in [0.25, 0.3) is 0 Å². The van der Waals surface area contributed by atoms with Crippen LogP contribution in [0.5, 0.6) is 5.75 Å². The number of rotatable bonds is 5. The summed E-state index contributed by atoms with van der Waals surface area (Å²) in [5.74, 6) is 0.880. The van der Waals surface area contributed by atoms with Crippen LogP contribution in [0, 0.1) is 0 Å². The van der Waals surface area contributed by atoms with Gasteiger partial charge in [-0.05, 0) is 38.8 Å². The largest absolute Gasteiger partial charge is 0.492 e. The second-order valence-corrected chi connectivity index (χ2v) is 7.75. The Balaban J connectivity index is 2.01. The van der Waals surface area contributed by atoms with E-state index in [2.05, 4.69) is 5.32 Å². The van der Waals surface area contributed by atoms with Crippen LogP contribution in [-0.4, -0.2) is 32.6 Å². The molecule has 1 aromatic rings. The second-order valence-electron chi connectivity index (χ2n) is 5.08. The molecule has 1 aliphatic rings. The Morgan fingerprint density at radius 1 is 1.37 bits per heavy atom. The minimum Gasteiger partial charge on any atom is -0.492 e. The third-order valence-electron chi connectivity index (χ3n) is 3.40. The van der Waals surface area contributed by atoms with Gasteiger partial charge in [0.15, 0.2) is 9.84 Å². The first-order valence-electron chi connectivity index (χ1n) is 6.71. The molecule has 1 aromatic carbocycles. The lowest BCUT2D eigenvalue weighted by molar-refractivity contribution is 0.336. The zero-order valence-electron chi connectivity index (χ0n) is 11.5. The van der Waals surface area contributed by atoms with Gasteiger partial charge in [0.2, 0.25) is 0 Å². The Morgan fingerprint density at radius 3 is 2.89 bits per heavy atom. The third kappa shape index (κ3) is 3.41. The van der Waals surface area contributed by atoms with Crippen molar-refractivity contribution in [1.82, 2.24) is 0 Å². The van der Waals surface area contributed by atoms with Crippen LogP contribution >= 0.6 is 0 Å². The van der Waals surface area contributed by atoms with Crippen molar-refractivity contribution >= 4 is 15.5 Å². The SMILES string of the molecule is CC(C)S(=O)(=O)CCOc1cccc2c1CCCN2. The zero-order valence-corrected chi connectivity index (χ0v) is 12.3. The predicted molar refractivity (Wildman–Crippen MR) is 77.7 cm³/mol. The maximum atomic E-state index is 11.7. The molecule has 0 spiro atoms. The van der Waals surface area contributed by atoms with Gasteiger partial charge in [-0.3, -0.25) is 0 Å². The van der Waals surface area contributed by atoms with Gasteiger partial charge in [0, 0.05) is 17.8 Å². The van der Waals surface area contributed by atoms with Crippen molar-refractivity contribution in [2.75, 3.05) is 24.2 Å². The van der Waals surface area contributed by atoms with Gasteiger partial charge >= 0.3 is 0 Å². The van der Waals surface area contributed by atoms with Crippen LogP contribution in [0.1, 0.15) is 25.8 Å². The van der Waals surface area contributed by atoms with E-state index in [0.717, 1.165) is 36.4 Å². The summed E-state index contributed by atoms with van der Waals surface area (Å²) in [6.45, 7) is 4.60. The van der Waals surface area contributed by atoms with Crippen molar-refractivity contribution < 1.29 is 13.2 Å². The number of hydrogen-bond donors (Lipinski definition) is 1. The van der Waals surface area contributed by atoms with Crippen LogP contribution in [0.2, 0.25) is 0 Å². The molecule has 0 fully saturated rings. The maximum absolute atomic E-state index is 11.7. The standard InChI is InChI=1S/C14H21NO3S/c1-11(2)19(16,17)10-9-18-14-7-3-6-13-12(14)5-4-8-15-13/h3,6-7,11,15H,4-5,8-10H2,1-2H3. The predicted octanol–water partition coefficient (Wildman–Crippen LogP) is 2.25. The van der Waals surface area contributed by atoms with Gasteiger partial charge in [-0.15, -0.1) is 0 Å². The van der Waals surface area contributed by atoms with Crippen LogP contribution in [0.4, 0.5) is 5.69 Å². The second kappa shape index (κ2) is 5.82. The van der Waals surface area contributed by atoms with E-state index in [0.29, 0.717) is 0 Å². The van der Waals surface area contributed by atoms with Gasteiger partial charge in [-0.2, -0.15) is 0 Å². The van der Waals surface area contributed by atoms with Crippen LogP contribution in [0.15, 0.2) is 18.2 Å². The molecule has 0 radical (unpaired) electrons. The summed E-state index contributed by atoms with van der Waals surface area (Å²) < 4.78 is 29.1. The Kier molecular flexibility index (Phi) is 4.34. The normalized spacial score (nSPS) is 14.9. The highest BCUT2D eigenvalue weighted by molar-refractivity contribution is 7.91. The van der Waals surface area contributed by atoms with Gasteiger partial charge in [-0.1, -0.05) is 6.07 Å². The molecular weight excluding hydrogens is 262 g/mol. The fourth-order valence-electron chi connectivity index (χ4n) is 2.12. The molecule has 106 valence electrons. The summed E-state index contributed by atoms with van der Waals surface area (Å²) in [4.78, 5) is 0. The molecule has 0 amide bonds. The molecule has 0 aliphatic carbocycles. The first kappa shape index (κ1) is 14.2. The summed E-state index contributed by atoms with van der Waals surface area (Å²) >= 11 is 0. The number of ether oxygens (including phenoxy) is 1. The summed E-state index contributed by atoms with van der Waals surface area (Å²) in [5, 5.41) is 2.98. The molecule has 4 nitrogen and oxygen atoms in total. The van der Waals surface area contributed by atoms with Crippen molar-refractivity contribution in [1.29, 1.82) is 0 Å². The van der Waals surface area contributed by atoms with Crippen molar-refractivity contribution in [2.45, 2.75) is 31.9 Å². The molecule has 2 rings (SSSR count). The number of anilines is 1. The highest BCUT2D eigenvalue weighted by Gasteiger charge is 2.17. The van der Waals surface area contributed by atoms with E-state index < -0.39 is 9.84 Å². The van der Waals surface area contributed by atoms with Crippen molar-refractivity contribution in [3.05, 3.63) is 23.8 Å². The van der Waals surface area contributed by atoms with Crippen LogP contribution < -0.4 is 10.1 Å². The zero-order chi connectivity index (χ0) is 13.9. The molecule has 0 aromatic heterocycles. The summed E-state index contributed by atoms with van der Waals surface area (Å²) in [6.07, 6.45) is 2.06. The third-order valence-corrected chi connectivity index (χ3v) is 5.57. The molecule has 1 N–H and O–H groups in total. The summed E-state index contributed by atoms with van der Waals surface area (Å²) in [7, 11) is -3.03. The Morgan fingerprint density at radius 2 is 2.16 bits per heavy atom. The molecule has 19 heavy (non-hydrogen) atoms. The monoisotopic (exact) mass is 283 g/mol. The average molecular weight is 283 g/mol. The van der Waals surface area contributed by atoms with E-state index in [1.165, 1.54) is 0 Å². The van der Waals surface area contributed by atoms with E-state index in [9.17, 15) is 8.42 Å². The number of fused-ring (bicyclic) bond motifs is 1. The molecule has 5 heteroatoms. The number of hydrogen-bond acceptors (Lipinski definition) is 4. The van der Waals surface area contributed by atoms with Crippen LogP contribution in [0.3, 0.4) is 0 Å². The summed E-state index contributed by atoms with van der Waals surface area (Å²) in [6, 6.07) is 5.88. The lowest BCUT2D eigenvalue weighted by Crippen LogP contribution is -2.22. The number of nitrogens with one attached hydrogen (secondary N) is 1. The van der Waals surface area contributed by atoms with Crippen molar-refractivity contribution in [2.24, 2.45) is 0 Å². The molecule has 1 heterocycles. The molecule has 0 unspecified atom stereocenters. The Hall–Kier alpha value is -1.23. The van der Waals surface area contributed by atoms with Crippen LogP contribution in [0.25, 0.3) is 0 Å². The first-order chi connectivity index (χ1) is 9.00. The first-order valence-corrected chi connectivity index (χ1v) is 8.42. The van der Waals surface area contributed by atoms with Crippen LogP contribution in [-0.2, 0) is 16.3 Å². The van der Waals surface area contributed by atoms with Gasteiger partial charge in [0.1, 0.15) is 12.4 Å². The van der Waals surface area contributed by atoms with E-state index >= 15 is 0 Å². The minimum absolute atomic E-state index is 0.0712. The van der Waals surface area contributed by atoms with Crippen molar-refractivity contribution in [3.8, 4) is 5.75 Å². The Labute approximate surface area is 115 Å². The molecule has 0 saturated carbocycles. The molecule has 0 atom stereocenters. The van der Waals surface area contributed by atoms with Crippen molar-refractivity contribution in [3.63, 3.8) is 0 Å². The van der Waals surface area contributed by atoms with E-state index in [1.54, 1.807) is 13.8 Å². The van der Waals surface area contributed by atoms with E-state index in [1.807, 2.05) is 18.2 Å². The topological polar surface area (TPSA) is 55.4 Å². The molecule has 0 saturated heterocycles. The lowest BCUT2D eigenvalue weighted by Gasteiger charge is -2.21. The van der Waals surface area contributed by atoms with E-state index in [-0.39, 0.29) is 17.6 Å². The molecule has 0 bridgehead atoms. The molecular formula is C14H21NO3S.